The van der Waals surface area contributed by atoms with E-state index in [9.17, 15) is 9.90 Å². The van der Waals surface area contributed by atoms with Crippen LogP contribution in [0.25, 0.3) is 0 Å². The van der Waals surface area contributed by atoms with Gasteiger partial charge in [0.25, 0.3) is 0 Å². The zero-order chi connectivity index (χ0) is 9.78. The van der Waals surface area contributed by atoms with E-state index in [0.29, 0.717) is 13.0 Å². The molecule has 1 atom stereocenters. The number of aliphatic hydroxyl groups is 1. The number of amides is 1. The Morgan fingerprint density at radius 2 is 2.00 bits per heavy atom. The Bertz CT molecular complexity index is 149. The molecule has 72 valence electrons. The second kappa shape index (κ2) is 4.45. The lowest BCUT2D eigenvalue weighted by atomic mass is 9.89. The SMILES string of the molecule is CC(=O)NCC(O)CC(C)(C)C. The van der Waals surface area contributed by atoms with E-state index >= 15 is 0 Å². The quantitative estimate of drug-likeness (QED) is 0.666. The molecular weight excluding hydrogens is 154 g/mol. The average molecular weight is 173 g/mol. The van der Waals surface area contributed by atoms with Crippen molar-refractivity contribution < 1.29 is 9.90 Å². The van der Waals surface area contributed by atoms with E-state index in [4.69, 9.17) is 0 Å². The van der Waals surface area contributed by atoms with Crippen LogP contribution in [0.1, 0.15) is 34.1 Å². The van der Waals surface area contributed by atoms with Gasteiger partial charge in [-0.25, -0.2) is 0 Å². The second-order valence-electron chi connectivity index (χ2n) is 4.36. The van der Waals surface area contributed by atoms with Gasteiger partial charge >= 0.3 is 0 Å². The van der Waals surface area contributed by atoms with Crippen molar-refractivity contribution in [2.24, 2.45) is 5.41 Å². The van der Waals surface area contributed by atoms with Gasteiger partial charge in [-0.3, -0.25) is 4.79 Å². The highest BCUT2D eigenvalue weighted by Gasteiger charge is 2.16. The molecule has 3 heteroatoms. The molecule has 0 radical (unpaired) electrons. The molecular formula is C9H19NO2. The molecule has 0 aromatic heterocycles. The molecule has 0 heterocycles. The summed E-state index contributed by atoms with van der Waals surface area (Å²) in [5.74, 6) is -0.0945. The van der Waals surface area contributed by atoms with Crippen LogP contribution in [0.2, 0.25) is 0 Å². The molecule has 0 aromatic carbocycles. The number of hydrogen-bond acceptors (Lipinski definition) is 2. The third kappa shape index (κ3) is 7.54. The summed E-state index contributed by atoms with van der Waals surface area (Å²) >= 11 is 0. The van der Waals surface area contributed by atoms with Crippen LogP contribution in [0.5, 0.6) is 0 Å². The van der Waals surface area contributed by atoms with E-state index in [1.807, 2.05) is 0 Å². The van der Waals surface area contributed by atoms with E-state index in [2.05, 4.69) is 26.1 Å². The Morgan fingerprint density at radius 1 is 1.50 bits per heavy atom. The number of aliphatic hydroxyl groups excluding tert-OH is 1. The molecule has 0 fully saturated rings. The van der Waals surface area contributed by atoms with Crippen LogP contribution in [-0.2, 0) is 4.79 Å². The van der Waals surface area contributed by atoms with Gasteiger partial charge in [0, 0.05) is 13.5 Å². The molecule has 0 rings (SSSR count). The first-order chi connectivity index (χ1) is 5.31. The van der Waals surface area contributed by atoms with Crippen LogP contribution in [0.3, 0.4) is 0 Å². The summed E-state index contributed by atoms with van der Waals surface area (Å²) in [6.45, 7) is 7.98. The number of nitrogens with one attached hydrogen (secondary N) is 1. The summed E-state index contributed by atoms with van der Waals surface area (Å²) in [5, 5.41) is 12.0. The van der Waals surface area contributed by atoms with E-state index in [1.165, 1.54) is 6.92 Å². The first kappa shape index (κ1) is 11.4. The van der Waals surface area contributed by atoms with Crippen molar-refractivity contribution in [3.05, 3.63) is 0 Å². The minimum Gasteiger partial charge on any atom is -0.391 e. The van der Waals surface area contributed by atoms with Crippen LogP contribution < -0.4 is 5.32 Å². The first-order valence-corrected chi connectivity index (χ1v) is 4.24. The van der Waals surface area contributed by atoms with Gasteiger partial charge < -0.3 is 10.4 Å². The van der Waals surface area contributed by atoms with E-state index in [-0.39, 0.29) is 11.3 Å². The largest absolute Gasteiger partial charge is 0.391 e. The highest BCUT2D eigenvalue weighted by molar-refractivity contribution is 5.72. The van der Waals surface area contributed by atoms with Crippen LogP contribution in [0, 0.1) is 5.41 Å². The fraction of sp³-hybridized carbons (Fsp3) is 0.889. The molecule has 3 nitrogen and oxygen atoms in total. The predicted octanol–water partition coefficient (Wildman–Crippen LogP) is 0.920. The summed E-state index contributed by atoms with van der Waals surface area (Å²) in [4.78, 5) is 10.5. The van der Waals surface area contributed by atoms with Crippen LogP contribution in [0.15, 0.2) is 0 Å². The van der Waals surface area contributed by atoms with Gasteiger partial charge in [-0.15, -0.1) is 0 Å². The van der Waals surface area contributed by atoms with Gasteiger partial charge in [-0.05, 0) is 11.8 Å². The predicted molar refractivity (Wildman–Crippen MR) is 48.8 cm³/mol. The zero-order valence-corrected chi connectivity index (χ0v) is 8.35. The van der Waals surface area contributed by atoms with Crippen molar-refractivity contribution in [2.75, 3.05) is 6.54 Å². The Morgan fingerprint density at radius 3 is 2.33 bits per heavy atom. The maximum Gasteiger partial charge on any atom is 0.216 e. The van der Waals surface area contributed by atoms with Gasteiger partial charge in [0.15, 0.2) is 0 Å². The van der Waals surface area contributed by atoms with Crippen molar-refractivity contribution in [2.45, 2.75) is 40.2 Å². The van der Waals surface area contributed by atoms with Crippen molar-refractivity contribution >= 4 is 5.91 Å². The molecule has 0 aromatic rings. The number of hydrogen-bond donors (Lipinski definition) is 2. The Labute approximate surface area is 74.2 Å². The second-order valence-corrected chi connectivity index (χ2v) is 4.36. The summed E-state index contributed by atoms with van der Waals surface area (Å²) in [6.07, 6.45) is 0.265. The topological polar surface area (TPSA) is 49.3 Å². The summed E-state index contributed by atoms with van der Waals surface area (Å²) in [7, 11) is 0. The van der Waals surface area contributed by atoms with Gasteiger partial charge in [-0.2, -0.15) is 0 Å². The standard InChI is InChI=1S/C9H19NO2/c1-7(11)10-6-8(12)5-9(2,3)4/h8,12H,5-6H2,1-4H3,(H,10,11). The zero-order valence-electron chi connectivity index (χ0n) is 8.35. The van der Waals surface area contributed by atoms with Crippen molar-refractivity contribution in [3.8, 4) is 0 Å². The molecule has 0 saturated carbocycles. The Hall–Kier alpha value is -0.570. The maximum absolute atomic E-state index is 10.5. The average Bonchev–Trinajstić information content (AvgIpc) is 1.79. The molecule has 2 N–H and O–H groups in total. The van der Waals surface area contributed by atoms with Crippen LogP contribution in [0.4, 0.5) is 0 Å². The van der Waals surface area contributed by atoms with Gasteiger partial charge in [0.1, 0.15) is 0 Å². The van der Waals surface area contributed by atoms with E-state index in [1.54, 1.807) is 0 Å². The number of rotatable bonds is 3. The molecule has 1 unspecified atom stereocenters. The lowest BCUT2D eigenvalue weighted by Gasteiger charge is -2.22. The Balaban J connectivity index is 3.60. The lowest BCUT2D eigenvalue weighted by molar-refractivity contribution is -0.119. The minimum atomic E-state index is -0.436. The molecule has 0 bridgehead atoms. The molecule has 1 amide bonds. The fourth-order valence-corrected chi connectivity index (χ4v) is 1.04. The lowest BCUT2D eigenvalue weighted by Crippen LogP contribution is -2.32. The molecule has 0 saturated heterocycles. The van der Waals surface area contributed by atoms with E-state index in [0.717, 1.165) is 0 Å². The van der Waals surface area contributed by atoms with Crippen LogP contribution in [-0.4, -0.2) is 23.7 Å². The summed E-state index contributed by atoms with van der Waals surface area (Å²) in [5.41, 5.74) is 0.109. The first-order valence-electron chi connectivity index (χ1n) is 4.24. The van der Waals surface area contributed by atoms with Gasteiger partial charge in [0.2, 0.25) is 5.91 Å². The summed E-state index contributed by atoms with van der Waals surface area (Å²) < 4.78 is 0. The molecule has 12 heavy (non-hydrogen) atoms. The normalized spacial score (nSPS) is 14.1. The third-order valence-electron chi connectivity index (χ3n) is 1.43. The van der Waals surface area contributed by atoms with Crippen LogP contribution >= 0.6 is 0 Å². The monoisotopic (exact) mass is 173 g/mol. The van der Waals surface area contributed by atoms with Gasteiger partial charge in [0.05, 0.1) is 6.10 Å². The fourth-order valence-electron chi connectivity index (χ4n) is 1.04. The van der Waals surface area contributed by atoms with Crippen molar-refractivity contribution in [1.29, 1.82) is 0 Å². The molecule has 0 aliphatic heterocycles. The number of carbonyl (C=O) groups is 1. The smallest absolute Gasteiger partial charge is 0.216 e. The Kier molecular flexibility index (Phi) is 4.24. The highest BCUT2D eigenvalue weighted by atomic mass is 16.3. The number of carbonyl (C=O) groups excluding carboxylic acids is 1. The highest BCUT2D eigenvalue weighted by Crippen LogP contribution is 2.20. The van der Waals surface area contributed by atoms with Crippen molar-refractivity contribution in [3.63, 3.8) is 0 Å². The van der Waals surface area contributed by atoms with Gasteiger partial charge in [-0.1, -0.05) is 20.8 Å². The van der Waals surface area contributed by atoms with Crippen molar-refractivity contribution in [1.82, 2.24) is 5.32 Å². The minimum absolute atomic E-state index is 0.0945. The molecule has 0 aliphatic carbocycles. The van der Waals surface area contributed by atoms with E-state index < -0.39 is 6.10 Å². The molecule has 0 spiro atoms. The molecule has 0 aliphatic rings. The summed E-state index contributed by atoms with van der Waals surface area (Å²) in [6, 6.07) is 0. The maximum atomic E-state index is 10.5. The third-order valence-corrected chi connectivity index (χ3v) is 1.43.